The van der Waals surface area contributed by atoms with E-state index in [2.05, 4.69) is 0 Å². The molecule has 0 aromatic rings. The molecule has 4 N–H and O–H groups in total. The number of rotatable bonds is 2. The van der Waals surface area contributed by atoms with Gasteiger partial charge in [0, 0.05) is 26.5 Å². The Balaban J connectivity index is -0.000000480. The summed E-state index contributed by atoms with van der Waals surface area (Å²) in [5.74, 6) is 0.0608. The number of nitrogens with two attached hydrogens (primary N) is 1. The molecule has 0 aromatic carbocycles. The summed E-state index contributed by atoms with van der Waals surface area (Å²) in [5, 5.41) is 0. The van der Waals surface area contributed by atoms with Crippen LogP contribution in [0.1, 0.15) is 14.8 Å². The van der Waals surface area contributed by atoms with E-state index in [0.29, 0.717) is 6.54 Å². The molecule has 1 fully saturated rings. The van der Waals surface area contributed by atoms with E-state index >= 15 is 0 Å². The van der Waals surface area contributed by atoms with E-state index in [1.54, 1.807) is 0 Å². The molecular weight excluding hydrogens is 223 g/mol. The van der Waals surface area contributed by atoms with E-state index in [9.17, 15) is 9.59 Å². The number of likely N-dealkylation sites (tertiary alicyclic amines) is 1. The van der Waals surface area contributed by atoms with Crippen LogP contribution < -0.4 is 5.73 Å². The fraction of sp³-hybridized carbons (Fsp3) is 0.750. The molecular formula is C8H17N2O3V-. The second-order valence-corrected chi connectivity index (χ2v) is 3.12. The van der Waals surface area contributed by atoms with Crippen molar-refractivity contribution in [1.29, 1.82) is 0 Å². The van der Waals surface area contributed by atoms with Crippen molar-refractivity contribution >= 4 is 12.2 Å². The summed E-state index contributed by atoms with van der Waals surface area (Å²) in [5.41, 5.74) is 5.19. The van der Waals surface area contributed by atoms with Gasteiger partial charge in [-0.15, -0.1) is 0 Å². The van der Waals surface area contributed by atoms with Crippen LogP contribution in [0.3, 0.4) is 0 Å². The molecule has 1 saturated heterocycles. The molecule has 1 aliphatic heterocycles. The van der Waals surface area contributed by atoms with E-state index in [1.807, 2.05) is 13.2 Å². The third-order valence-electron chi connectivity index (χ3n) is 2.32. The Kier molecular flexibility index (Phi) is 8.05. The summed E-state index contributed by atoms with van der Waals surface area (Å²) in [6.07, 6.45) is 2.75. The topological polar surface area (TPSA) is 94.9 Å². The van der Waals surface area contributed by atoms with E-state index in [4.69, 9.17) is 5.73 Å². The molecule has 1 amide bonds. The molecule has 1 heterocycles. The van der Waals surface area contributed by atoms with Gasteiger partial charge in [0.05, 0.1) is 6.54 Å². The van der Waals surface area contributed by atoms with Gasteiger partial charge in [0.15, 0.2) is 0 Å². The van der Waals surface area contributed by atoms with Gasteiger partial charge in [0.25, 0.3) is 0 Å². The second kappa shape index (κ2) is 7.01. The van der Waals surface area contributed by atoms with Crippen molar-refractivity contribution in [3.63, 3.8) is 0 Å². The van der Waals surface area contributed by atoms with Gasteiger partial charge in [-0.05, 0) is 12.3 Å². The Hall–Kier alpha value is -0.356. The van der Waals surface area contributed by atoms with Gasteiger partial charge in [-0.2, -0.15) is 0 Å². The van der Waals surface area contributed by atoms with Gasteiger partial charge in [-0.1, -0.05) is 13.0 Å². The van der Waals surface area contributed by atoms with Crippen molar-refractivity contribution in [2.45, 2.75) is 19.4 Å². The van der Waals surface area contributed by atoms with Crippen LogP contribution in [0, 0.1) is 5.92 Å². The zero-order valence-corrected chi connectivity index (χ0v) is 9.46. The SMILES string of the molecule is C[C@@H]1CCN(C(=O)CN)[C@@H]1[C-]=O.O.[HH].[V]. The second-order valence-electron chi connectivity index (χ2n) is 3.12. The number of nitrogens with zero attached hydrogens (tertiary/aromatic N) is 1. The van der Waals surface area contributed by atoms with E-state index in [1.165, 1.54) is 4.90 Å². The summed E-state index contributed by atoms with van der Waals surface area (Å²) < 4.78 is 0. The van der Waals surface area contributed by atoms with Gasteiger partial charge in [0.1, 0.15) is 0 Å². The van der Waals surface area contributed by atoms with Gasteiger partial charge in [0.2, 0.25) is 5.91 Å². The normalized spacial score (nSPS) is 24.9. The first-order valence-corrected chi connectivity index (χ1v) is 4.08. The van der Waals surface area contributed by atoms with Crippen LogP contribution in [0.25, 0.3) is 0 Å². The summed E-state index contributed by atoms with van der Waals surface area (Å²) in [6.45, 7) is 2.56. The zero-order valence-electron chi connectivity index (χ0n) is 8.06. The number of hydrogen-bond acceptors (Lipinski definition) is 3. The third kappa shape index (κ3) is 3.10. The molecule has 83 valence electrons. The molecule has 0 spiro atoms. The quantitative estimate of drug-likeness (QED) is 0.608. The molecule has 5 nitrogen and oxygen atoms in total. The van der Waals surface area contributed by atoms with Crippen LogP contribution in [0.2, 0.25) is 0 Å². The van der Waals surface area contributed by atoms with E-state index in [-0.39, 0.29) is 49.9 Å². The molecule has 1 radical (unpaired) electrons. The molecule has 6 heteroatoms. The third-order valence-corrected chi connectivity index (χ3v) is 2.32. The minimum atomic E-state index is -0.374. The van der Waals surface area contributed by atoms with E-state index in [0.717, 1.165) is 6.42 Å². The summed E-state index contributed by atoms with van der Waals surface area (Å²) in [4.78, 5) is 23.2. The molecule has 0 unspecified atom stereocenters. The minimum Gasteiger partial charge on any atom is -0.540 e. The first kappa shape index (κ1) is 16.1. The molecule has 14 heavy (non-hydrogen) atoms. The molecule has 1 aliphatic rings. The smallest absolute Gasteiger partial charge is 0.234 e. The average molecular weight is 240 g/mol. The maximum Gasteiger partial charge on any atom is 0.234 e. The maximum absolute atomic E-state index is 11.2. The summed E-state index contributed by atoms with van der Waals surface area (Å²) >= 11 is 0. The Morgan fingerprint density at radius 2 is 2.29 bits per heavy atom. The molecule has 2 atom stereocenters. The largest absolute Gasteiger partial charge is 0.540 e. The number of amides is 1. The van der Waals surface area contributed by atoms with Crippen molar-refractivity contribution in [2.24, 2.45) is 11.7 Å². The Morgan fingerprint density at radius 3 is 2.71 bits per heavy atom. The number of hydrogen-bond donors (Lipinski definition) is 1. The molecule has 0 aliphatic carbocycles. The van der Waals surface area contributed by atoms with Gasteiger partial charge < -0.3 is 20.9 Å². The monoisotopic (exact) mass is 240 g/mol. The zero-order chi connectivity index (χ0) is 9.14. The van der Waals surface area contributed by atoms with Crippen molar-refractivity contribution in [3.8, 4) is 0 Å². The van der Waals surface area contributed by atoms with Crippen LogP contribution in [-0.2, 0) is 28.1 Å². The first-order chi connectivity index (χ1) is 5.70. The predicted molar refractivity (Wildman–Crippen MR) is 49.8 cm³/mol. The molecule has 0 saturated carbocycles. The van der Waals surface area contributed by atoms with Crippen molar-refractivity contribution in [2.75, 3.05) is 13.1 Å². The summed E-state index contributed by atoms with van der Waals surface area (Å²) in [7, 11) is 0. The number of carbonyl (C=O) groups excluding carboxylic acids is 2. The van der Waals surface area contributed by atoms with E-state index < -0.39 is 0 Å². The van der Waals surface area contributed by atoms with Crippen LogP contribution >= 0.6 is 0 Å². The first-order valence-electron chi connectivity index (χ1n) is 4.08. The standard InChI is InChI=1S/C8H13N2O2.H2O.V.H2/c1-6-2-3-10(7(6)5-11)8(12)4-9;;;/h6-7H,2-4,9H2,1H3;1H2;;1H/q-1;;;/t6-,7-;;;/m1.../s1. The van der Waals surface area contributed by atoms with Crippen LogP contribution in [-0.4, -0.2) is 41.7 Å². The average Bonchev–Trinajstić information content (AvgIpc) is 2.45. The Bertz CT molecular complexity index is 206. The van der Waals surface area contributed by atoms with Crippen molar-refractivity contribution < 1.29 is 35.0 Å². The fourth-order valence-corrected chi connectivity index (χ4v) is 1.52. The minimum absolute atomic E-state index is 0. The van der Waals surface area contributed by atoms with Gasteiger partial charge >= 0.3 is 0 Å². The van der Waals surface area contributed by atoms with Gasteiger partial charge in [-0.25, -0.2) is 6.29 Å². The number of carbonyl (C=O) groups is 1. The fourth-order valence-electron chi connectivity index (χ4n) is 1.52. The summed E-state index contributed by atoms with van der Waals surface area (Å²) in [6, 6.07) is -0.374. The Morgan fingerprint density at radius 1 is 1.71 bits per heavy atom. The van der Waals surface area contributed by atoms with Crippen molar-refractivity contribution in [3.05, 3.63) is 0 Å². The van der Waals surface area contributed by atoms with Crippen molar-refractivity contribution in [1.82, 2.24) is 4.90 Å². The molecule has 0 aromatic heterocycles. The predicted octanol–water partition coefficient (Wildman–Crippen LogP) is -1.29. The van der Waals surface area contributed by atoms with Crippen LogP contribution in [0.15, 0.2) is 0 Å². The maximum atomic E-state index is 11.2. The molecule has 0 bridgehead atoms. The van der Waals surface area contributed by atoms with Crippen LogP contribution in [0.4, 0.5) is 0 Å². The van der Waals surface area contributed by atoms with Gasteiger partial charge in [-0.3, -0.25) is 4.79 Å². The van der Waals surface area contributed by atoms with Crippen LogP contribution in [0.5, 0.6) is 0 Å². The Labute approximate surface area is 96.7 Å². The molecule has 1 rings (SSSR count).